The van der Waals surface area contributed by atoms with Crippen molar-refractivity contribution >= 4 is 11.0 Å². The Balaban J connectivity index is 1.64. The zero-order chi connectivity index (χ0) is 14.2. The molecule has 0 radical (unpaired) electrons. The molecule has 1 heterocycles. The highest BCUT2D eigenvalue weighted by atomic mass is 15.0. The molecule has 1 N–H and O–H groups in total. The van der Waals surface area contributed by atoms with E-state index in [0.717, 1.165) is 17.4 Å². The van der Waals surface area contributed by atoms with Gasteiger partial charge in [-0.15, -0.1) is 0 Å². The van der Waals surface area contributed by atoms with Crippen LogP contribution in [0.2, 0.25) is 0 Å². The number of fused-ring (bicyclic) bond motifs is 1. The van der Waals surface area contributed by atoms with Crippen molar-refractivity contribution in [1.29, 1.82) is 0 Å². The van der Waals surface area contributed by atoms with E-state index in [-0.39, 0.29) is 0 Å². The van der Waals surface area contributed by atoms with Gasteiger partial charge in [0.2, 0.25) is 0 Å². The van der Waals surface area contributed by atoms with Gasteiger partial charge in [-0.3, -0.25) is 0 Å². The van der Waals surface area contributed by atoms with Gasteiger partial charge in [0, 0.05) is 5.41 Å². The van der Waals surface area contributed by atoms with Crippen LogP contribution in [0.5, 0.6) is 0 Å². The highest BCUT2D eigenvalue weighted by Gasteiger charge is 2.57. The highest BCUT2D eigenvalue weighted by molar-refractivity contribution is 5.76. The van der Waals surface area contributed by atoms with Gasteiger partial charge < -0.3 is 4.98 Å². The summed E-state index contributed by atoms with van der Waals surface area (Å²) >= 11 is 0. The average Bonchev–Trinajstić information content (AvgIpc) is 2.79. The molecular weight excluding hydrogens is 256 g/mol. The van der Waals surface area contributed by atoms with Crippen LogP contribution in [0.15, 0.2) is 18.2 Å². The minimum atomic E-state index is 0.353. The van der Waals surface area contributed by atoms with Gasteiger partial charge in [0.05, 0.1) is 11.0 Å². The Labute approximate surface area is 126 Å². The number of hydrogen-bond acceptors (Lipinski definition) is 1. The number of rotatable bonds is 1. The number of aryl methyl sites for hydroxylation is 1. The molecule has 4 bridgehead atoms. The summed E-state index contributed by atoms with van der Waals surface area (Å²) in [5, 5.41) is 0. The van der Waals surface area contributed by atoms with Crippen LogP contribution in [-0.4, -0.2) is 9.97 Å². The minimum absolute atomic E-state index is 0.353. The van der Waals surface area contributed by atoms with Gasteiger partial charge in [-0.05, 0) is 80.4 Å². The van der Waals surface area contributed by atoms with Crippen molar-refractivity contribution in [3.63, 3.8) is 0 Å². The topological polar surface area (TPSA) is 28.7 Å². The number of aromatic amines is 1. The summed E-state index contributed by atoms with van der Waals surface area (Å²) in [6.45, 7) is 4.69. The highest BCUT2D eigenvalue weighted by Crippen LogP contribution is 2.65. The maximum atomic E-state index is 5.02. The summed E-state index contributed by atoms with van der Waals surface area (Å²) in [6, 6.07) is 6.59. The molecule has 4 aliphatic rings. The quantitative estimate of drug-likeness (QED) is 0.803. The van der Waals surface area contributed by atoms with Crippen LogP contribution in [0.1, 0.15) is 56.8 Å². The van der Waals surface area contributed by atoms with Crippen LogP contribution in [0, 0.1) is 24.2 Å². The second-order valence-electron chi connectivity index (χ2n) is 8.66. The van der Waals surface area contributed by atoms with E-state index in [2.05, 4.69) is 37.0 Å². The number of H-pyrrole nitrogens is 1. The third-order valence-corrected chi connectivity index (χ3v) is 6.49. The van der Waals surface area contributed by atoms with Crippen molar-refractivity contribution in [2.75, 3.05) is 0 Å². The van der Waals surface area contributed by atoms with Crippen LogP contribution in [0.4, 0.5) is 0 Å². The first kappa shape index (κ1) is 12.3. The van der Waals surface area contributed by atoms with Crippen LogP contribution < -0.4 is 0 Å². The summed E-state index contributed by atoms with van der Waals surface area (Å²) in [7, 11) is 0. The molecule has 6 rings (SSSR count). The lowest BCUT2D eigenvalue weighted by Gasteiger charge is -2.60. The van der Waals surface area contributed by atoms with Gasteiger partial charge in [0.1, 0.15) is 5.82 Å². The lowest BCUT2D eigenvalue weighted by atomic mass is 9.44. The average molecular weight is 280 g/mol. The van der Waals surface area contributed by atoms with E-state index in [1.807, 2.05) is 0 Å². The molecule has 0 saturated heterocycles. The Hall–Kier alpha value is -1.31. The van der Waals surface area contributed by atoms with E-state index in [1.54, 1.807) is 0 Å². The Morgan fingerprint density at radius 1 is 1.14 bits per heavy atom. The molecule has 1 aromatic heterocycles. The normalized spacial score (nSPS) is 41.0. The molecule has 2 heteroatoms. The lowest BCUT2D eigenvalue weighted by molar-refractivity contribution is -0.0644. The minimum Gasteiger partial charge on any atom is -0.341 e. The second-order valence-corrected chi connectivity index (χ2v) is 8.66. The van der Waals surface area contributed by atoms with Crippen molar-refractivity contribution in [2.24, 2.45) is 17.3 Å². The van der Waals surface area contributed by atoms with Gasteiger partial charge in [0.15, 0.2) is 0 Å². The Kier molecular flexibility index (Phi) is 2.17. The van der Waals surface area contributed by atoms with E-state index >= 15 is 0 Å². The summed E-state index contributed by atoms with van der Waals surface area (Å²) in [5.41, 5.74) is 4.63. The molecule has 0 spiro atoms. The Morgan fingerprint density at radius 3 is 2.62 bits per heavy atom. The SMILES string of the molecule is Cc1ccc2nc(C34CC5CC(CC(C)(C5)C3)C4)[nH]c2c1. The number of nitrogens with zero attached hydrogens (tertiary/aromatic N) is 1. The first-order valence-corrected chi connectivity index (χ1v) is 8.51. The van der Waals surface area contributed by atoms with Gasteiger partial charge in [-0.25, -0.2) is 4.98 Å². The predicted molar refractivity (Wildman–Crippen MR) is 85.3 cm³/mol. The fourth-order valence-electron chi connectivity index (χ4n) is 6.37. The molecule has 21 heavy (non-hydrogen) atoms. The van der Waals surface area contributed by atoms with E-state index in [1.165, 1.54) is 55.4 Å². The number of benzene rings is 1. The van der Waals surface area contributed by atoms with Crippen molar-refractivity contribution in [1.82, 2.24) is 9.97 Å². The van der Waals surface area contributed by atoms with Crippen molar-refractivity contribution < 1.29 is 0 Å². The maximum Gasteiger partial charge on any atom is 0.113 e. The molecule has 1 aromatic carbocycles. The molecule has 0 aliphatic heterocycles. The van der Waals surface area contributed by atoms with E-state index < -0.39 is 0 Å². The Morgan fingerprint density at radius 2 is 1.90 bits per heavy atom. The molecule has 110 valence electrons. The summed E-state index contributed by atoms with van der Waals surface area (Å²) < 4.78 is 0. The van der Waals surface area contributed by atoms with Gasteiger partial charge in [-0.1, -0.05) is 13.0 Å². The van der Waals surface area contributed by atoms with Crippen LogP contribution in [0.25, 0.3) is 11.0 Å². The smallest absolute Gasteiger partial charge is 0.113 e. The maximum absolute atomic E-state index is 5.02. The van der Waals surface area contributed by atoms with Gasteiger partial charge >= 0.3 is 0 Å². The zero-order valence-electron chi connectivity index (χ0n) is 13.1. The fourth-order valence-corrected chi connectivity index (χ4v) is 6.37. The molecule has 2 unspecified atom stereocenters. The third-order valence-electron chi connectivity index (χ3n) is 6.49. The summed E-state index contributed by atoms with van der Waals surface area (Å²) in [6.07, 6.45) is 8.51. The monoisotopic (exact) mass is 280 g/mol. The summed E-state index contributed by atoms with van der Waals surface area (Å²) in [5.74, 6) is 3.20. The van der Waals surface area contributed by atoms with E-state index in [4.69, 9.17) is 4.98 Å². The third kappa shape index (κ3) is 1.68. The summed E-state index contributed by atoms with van der Waals surface area (Å²) in [4.78, 5) is 8.72. The molecule has 2 aromatic rings. The predicted octanol–water partition coefficient (Wildman–Crippen LogP) is 4.73. The number of imidazole rings is 1. The van der Waals surface area contributed by atoms with E-state index in [9.17, 15) is 0 Å². The number of aromatic nitrogens is 2. The van der Waals surface area contributed by atoms with Crippen LogP contribution >= 0.6 is 0 Å². The first-order chi connectivity index (χ1) is 10.0. The van der Waals surface area contributed by atoms with Crippen LogP contribution in [-0.2, 0) is 5.41 Å². The molecule has 4 fully saturated rings. The molecule has 4 aliphatic carbocycles. The molecule has 2 nitrogen and oxygen atoms in total. The largest absolute Gasteiger partial charge is 0.341 e. The first-order valence-electron chi connectivity index (χ1n) is 8.51. The van der Waals surface area contributed by atoms with Gasteiger partial charge in [-0.2, -0.15) is 0 Å². The standard InChI is InChI=1S/C19H24N2/c1-12-3-4-15-16(5-12)21-17(20-15)19-9-13-6-14(10-19)8-18(2,7-13)11-19/h3-5,13-14H,6-11H2,1-2H3,(H,20,21). The zero-order valence-corrected chi connectivity index (χ0v) is 13.1. The molecule has 0 amide bonds. The van der Waals surface area contributed by atoms with Crippen molar-refractivity contribution in [3.05, 3.63) is 29.6 Å². The van der Waals surface area contributed by atoms with E-state index in [0.29, 0.717) is 10.8 Å². The second kappa shape index (κ2) is 3.71. The van der Waals surface area contributed by atoms with Crippen molar-refractivity contribution in [2.45, 2.75) is 57.8 Å². The fraction of sp³-hybridized carbons (Fsp3) is 0.632. The number of nitrogens with one attached hydrogen (secondary N) is 1. The molecule has 2 atom stereocenters. The Bertz CT molecular complexity index is 712. The van der Waals surface area contributed by atoms with Crippen LogP contribution in [0.3, 0.4) is 0 Å². The molecular formula is C19H24N2. The van der Waals surface area contributed by atoms with Gasteiger partial charge in [0.25, 0.3) is 0 Å². The molecule has 4 saturated carbocycles. The van der Waals surface area contributed by atoms with Crippen molar-refractivity contribution in [3.8, 4) is 0 Å². The number of hydrogen-bond donors (Lipinski definition) is 1. The lowest BCUT2D eigenvalue weighted by Crippen LogP contribution is -2.53.